The molecule has 2 heterocycles. The SMILES string of the molecule is Cc1[nH]c2ccccc2c1C(=O)C(C)OC(=O)CCc1nc2ccccc2c(=O)n1C1CC1. The number of nitrogens with zero attached hydrogens (tertiary/aromatic N) is 2. The Morgan fingerprint density at radius 1 is 1.12 bits per heavy atom. The van der Waals surface area contributed by atoms with Crippen LogP contribution in [0.2, 0.25) is 0 Å². The highest BCUT2D eigenvalue weighted by atomic mass is 16.5. The Kier molecular flexibility index (Phi) is 5.32. The van der Waals surface area contributed by atoms with Crippen LogP contribution in [0.1, 0.15) is 54.1 Å². The van der Waals surface area contributed by atoms with Gasteiger partial charge in [-0.15, -0.1) is 0 Å². The van der Waals surface area contributed by atoms with E-state index in [4.69, 9.17) is 4.74 Å². The van der Waals surface area contributed by atoms with E-state index in [1.165, 1.54) is 0 Å². The Morgan fingerprint density at radius 3 is 2.58 bits per heavy atom. The number of Topliss-reactive ketones (excluding diaryl/α,β-unsaturated/α-hetero) is 1. The Bertz CT molecular complexity index is 1450. The minimum atomic E-state index is -0.911. The fraction of sp³-hybridized carbons (Fsp3) is 0.308. The summed E-state index contributed by atoms with van der Waals surface area (Å²) in [5.74, 6) is -0.139. The fourth-order valence-electron chi connectivity index (χ4n) is 4.40. The topological polar surface area (TPSA) is 94.1 Å². The Hall–Kier alpha value is -3.74. The Labute approximate surface area is 190 Å². The quantitative estimate of drug-likeness (QED) is 0.340. The van der Waals surface area contributed by atoms with Gasteiger partial charge in [-0.25, -0.2) is 4.98 Å². The predicted octanol–water partition coefficient (Wildman–Crippen LogP) is 4.27. The minimum absolute atomic E-state index is 0.0436. The van der Waals surface area contributed by atoms with Crippen molar-refractivity contribution in [1.82, 2.24) is 14.5 Å². The molecule has 1 N–H and O–H groups in total. The monoisotopic (exact) mass is 443 g/mol. The molecule has 1 fully saturated rings. The van der Waals surface area contributed by atoms with Crippen LogP contribution >= 0.6 is 0 Å². The summed E-state index contributed by atoms with van der Waals surface area (Å²) >= 11 is 0. The maximum absolute atomic E-state index is 13.0. The summed E-state index contributed by atoms with van der Waals surface area (Å²) in [6.07, 6.45) is 1.29. The zero-order chi connectivity index (χ0) is 23.1. The van der Waals surface area contributed by atoms with E-state index in [9.17, 15) is 14.4 Å². The van der Waals surface area contributed by atoms with Crippen molar-refractivity contribution in [2.75, 3.05) is 0 Å². The van der Waals surface area contributed by atoms with Gasteiger partial charge in [0, 0.05) is 34.6 Å². The second-order valence-corrected chi connectivity index (χ2v) is 8.62. The lowest BCUT2D eigenvalue weighted by Crippen LogP contribution is -2.27. The van der Waals surface area contributed by atoms with Gasteiger partial charge in [0.15, 0.2) is 6.10 Å². The number of hydrogen-bond donors (Lipinski definition) is 1. The summed E-state index contributed by atoms with van der Waals surface area (Å²) in [4.78, 5) is 46.5. The van der Waals surface area contributed by atoms with Crippen molar-refractivity contribution in [3.05, 3.63) is 76.0 Å². The third-order valence-electron chi connectivity index (χ3n) is 6.16. The molecule has 4 aromatic rings. The number of para-hydroxylation sites is 2. The molecule has 1 saturated carbocycles. The van der Waals surface area contributed by atoms with Crippen molar-refractivity contribution in [2.24, 2.45) is 0 Å². The maximum Gasteiger partial charge on any atom is 0.306 e. The summed E-state index contributed by atoms with van der Waals surface area (Å²) in [5, 5.41) is 1.40. The molecular formula is C26H25N3O4. The third kappa shape index (κ3) is 3.95. The van der Waals surface area contributed by atoms with Crippen LogP contribution in [0.4, 0.5) is 0 Å². The number of hydrogen-bond acceptors (Lipinski definition) is 5. The van der Waals surface area contributed by atoms with E-state index in [1.807, 2.05) is 43.3 Å². The number of benzene rings is 2. The molecule has 1 unspecified atom stereocenters. The van der Waals surface area contributed by atoms with E-state index in [0.29, 0.717) is 22.3 Å². The second kappa shape index (κ2) is 8.31. The van der Waals surface area contributed by atoms with Gasteiger partial charge < -0.3 is 9.72 Å². The standard InChI is InChI=1S/C26H25N3O4/c1-15-24(18-7-3-5-9-20(18)27-15)25(31)16(2)33-23(30)14-13-22-28-21-10-6-4-8-19(21)26(32)29(22)17-11-12-17/h3-10,16-17,27H,11-14H2,1-2H3. The average molecular weight is 444 g/mol. The van der Waals surface area contributed by atoms with E-state index in [1.54, 1.807) is 23.6 Å². The number of carbonyl (C=O) groups is 2. The second-order valence-electron chi connectivity index (χ2n) is 8.62. The first kappa shape index (κ1) is 21.1. The van der Waals surface area contributed by atoms with Gasteiger partial charge in [-0.05, 0) is 44.9 Å². The van der Waals surface area contributed by atoms with Crippen molar-refractivity contribution in [1.29, 1.82) is 0 Å². The molecule has 7 nitrogen and oxygen atoms in total. The number of fused-ring (bicyclic) bond motifs is 2. The number of H-pyrrole nitrogens is 1. The first-order valence-corrected chi connectivity index (χ1v) is 11.2. The maximum atomic E-state index is 13.0. The number of esters is 1. The summed E-state index contributed by atoms with van der Waals surface area (Å²) < 4.78 is 7.20. The lowest BCUT2D eigenvalue weighted by molar-refractivity contribution is -0.146. The number of ether oxygens (including phenoxy) is 1. The van der Waals surface area contributed by atoms with E-state index in [0.717, 1.165) is 29.4 Å². The highest BCUT2D eigenvalue weighted by Gasteiger charge is 2.29. The molecule has 0 spiro atoms. The largest absolute Gasteiger partial charge is 0.454 e. The molecule has 5 rings (SSSR count). The van der Waals surface area contributed by atoms with Crippen molar-refractivity contribution in [3.63, 3.8) is 0 Å². The number of aromatic amines is 1. The normalized spacial score (nSPS) is 14.5. The van der Waals surface area contributed by atoms with Crippen LogP contribution in [0.25, 0.3) is 21.8 Å². The highest BCUT2D eigenvalue weighted by Crippen LogP contribution is 2.35. The smallest absolute Gasteiger partial charge is 0.306 e. The van der Waals surface area contributed by atoms with E-state index in [-0.39, 0.29) is 30.2 Å². The van der Waals surface area contributed by atoms with Crippen LogP contribution in [0.15, 0.2) is 53.3 Å². The molecule has 7 heteroatoms. The Morgan fingerprint density at radius 2 is 1.82 bits per heavy atom. The minimum Gasteiger partial charge on any atom is -0.454 e. The van der Waals surface area contributed by atoms with Gasteiger partial charge in [0.2, 0.25) is 5.78 Å². The van der Waals surface area contributed by atoms with Crippen molar-refractivity contribution < 1.29 is 14.3 Å². The number of ketones is 1. The lowest BCUT2D eigenvalue weighted by atomic mass is 10.0. The highest BCUT2D eigenvalue weighted by molar-refractivity contribution is 6.11. The summed E-state index contributed by atoms with van der Waals surface area (Å²) in [6.45, 7) is 3.43. The van der Waals surface area contributed by atoms with Gasteiger partial charge in [0.25, 0.3) is 5.56 Å². The molecule has 1 aliphatic carbocycles. The van der Waals surface area contributed by atoms with Crippen LogP contribution in [0.3, 0.4) is 0 Å². The molecule has 0 bridgehead atoms. The van der Waals surface area contributed by atoms with Crippen molar-refractivity contribution >= 4 is 33.6 Å². The Balaban J connectivity index is 1.31. The number of aryl methyl sites for hydroxylation is 2. The molecule has 0 saturated heterocycles. The molecule has 0 amide bonds. The van der Waals surface area contributed by atoms with Crippen LogP contribution < -0.4 is 5.56 Å². The van der Waals surface area contributed by atoms with Crippen LogP contribution in [0.5, 0.6) is 0 Å². The molecule has 168 valence electrons. The fourth-order valence-corrected chi connectivity index (χ4v) is 4.40. The van der Waals surface area contributed by atoms with Crippen molar-refractivity contribution in [3.8, 4) is 0 Å². The lowest BCUT2D eigenvalue weighted by Gasteiger charge is -2.14. The number of nitrogens with one attached hydrogen (secondary N) is 1. The third-order valence-corrected chi connectivity index (χ3v) is 6.16. The average Bonchev–Trinajstić information content (AvgIpc) is 3.58. The van der Waals surface area contributed by atoms with Crippen LogP contribution in [-0.4, -0.2) is 32.4 Å². The number of rotatable bonds is 7. The van der Waals surface area contributed by atoms with Crippen molar-refractivity contribution in [2.45, 2.75) is 51.7 Å². The van der Waals surface area contributed by atoms with Gasteiger partial charge >= 0.3 is 5.97 Å². The molecule has 33 heavy (non-hydrogen) atoms. The molecule has 1 aliphatic rings. The van der Waals surface area contributed by atoms with Gasteiger partial charge in [-0.3, -0.25) is 19.0 Å². The van der Waals surface area contributed by atoms with Gasteiger partial charge in [0.1, 0.15) is 5.82 Å². The predicted molar refractivity (Wildman–Crippen MR) is 126 cm³/mol. The molecular weight excluding hydrogens is 418 g/mol. The van der Waals surface area contributed by atoms with Gasteiger partial charge in [-0.1, -0.05) is 30.3 Å². The van der Waals surface area contributed by atoms with Gasteiger partial charge in [0.05, 0.1) is 17.3 Å². The zero-order valence-electron chi connectivity index (χ0n) is 18.6. The first-order valence-electron chi connectivity index (χ1n) is 11.2. The van der Waals surface area contributed by atoms with Crippen LogP contribution in [0, 0.1) is 6.92 Å². The summed E-state index contributed by atoms with van der Waals surface area (Å²) in [5.41, 5.74) is 2.73. The first-order chi connectivity index (χ1) is 15.9. The zero-order valence-corrected chi connectivity index (χ0v) is 18.6. The summed E-state index contributed by atoms with van der Waals surface area (Å²) in [7, 11) is 0. The number of carbonyl (C=O) groups excluding carboxylic acids is 2. The van der Waals surface area contributed by atoms with E-state index >= 15 is 0 Å². The van der Waals surface area contributed by atoms with E-state index in [2.05, 4.69) is 9.97 Å². The van der Waals surface area contributed by atoms with Gasteiger partial charge in [-0.2, -0.15) is 0 Å². The number of aromatic nitrogens is 3. The molecule has 2 aromatic carbocycles. The van der Waals surface area contributed by atoms with E-state index < -0.39 is 12.1 Å². The summed E-state index contributed by atoms with van der Waals surface area (Å²) in [6, 6.07) is 15.0. The van der Waals surface area contributed by atoms with Crippen LogP contribution in [-0.2, 0) is 16.0 Å². The molecule has 0 radical (unpaired) electrons. The molecule has 0 aliphatic heterocycles. The molecule has 1 atom stereocenters. The molecule has 2 aromatic heterocycles.